The van der Waals surface area contributed by atoms with Crippen LogP contribution in [0.1, 0.15) is 44.9 Å². The number of rotatable bonds is 6. The van der Waals surface area contributed by atoms with E-state index in [-0.39, 0.29) is 12.6 Å². The summed E-state index contributed by atoms with van der Waals surface area (Å²) in [4.78, 5) is 28.6. The smallest absolute Gasteiger partial charge is 0.325 e. The molecule has 0 heterocycles. The van der Waals surface area contributed by atoms with Gasteiger partial charge in [-0.05, 0) is 18.8 Å². The summed E-state index contributed by atoms with van der Waals surface area (Å²) in [5.41, 5.74) is 0. The SMILES string of the molecule is O=C(O)C(CCP(=O)(O)O)CC1CCCCC1. The van der Waals surface area contributed by atoms with Gasteiger partial charge in [-0.3, -0.25) is 9.36 Å². The summed E-state index contributed by atoms with van der Waals surface area (Å²) < 4.78 is 10.8. The molecular formula is C11H21O5P. The molecule has 0 radical (unpaired) electrons. The molecule has 1 atom stereocenters. The molecule has 0 bridgehead atoms. The predicted octanol–water partition coefficient (Wildman–Crippen LogP) is 2.23. The first kappa shape index (κ1) is 14.7. The van der Waals surface area contributed by atoms with Crippen molar-refractivity contribution in [2.75, 3.05) is 6.16 Å². The van der Waals surface area contributed by atoms with E-state index in [2.05, 4.69) is 0 Å². The summed E-state index contributed by atoms with van der Waals surface area (Å²) >= 11 is 0. The third-order valence-corrected chi connectivity index (χ3v) is 4.30. The van der Waals surface area contributed by atoms with Gasteiger partial charge in [-0.1, -0.05) is 32.1 Å². The largest absolute Gasteiger partial charge is 0.481 e. The van der Waals surface area contributed by atoms with E-state index in [1.807, 2.05) is 0 Å². The number of aliphatic carboxylic acids is 1. The second kappa shape index (κ2) is 6.53. The van der Waals surface area contributed by atoms with Crippen LogP contribution in [0.3, 0.4) is 0 Å². The van der Waals surface area contributed by atoms with Crippen LogP contribution in [-0.4, -0.2) is 27.0 Å². The van der Waals surface area contributed by atoms with Crippen LogP contribution in [0.4, 0.5) is 0 Å². The van der Waals surface area contributed by atoms with Gasteiger partial charge in [-0.15, -0.1) is 0 Å². The van der Waals surface area contributed by atoms with E-state index in [0.717, 1.165) is 25.7 Å². The van der Waals surface area contributed by atoms with Crippen LogP contribution in [0.25, 0.3) is 0 Å². The van der Waals surface area contributed by atoms with Crippen LogP contribution >= 0.6 is 7.60 Å². The molecule has 1 fully saturated rings. The Kier molecular flexibility index (Phi) is 5.63. The molecule has 17 heavy (non-hydrogen) atoms. The first-order valence-corrected chi connectivity index (χ1v) is 7.95. The summed E-state index contributed by atoms with van der Waals surface area (Å²) in [6, 6.07) is 0. The Bertz CT molecular complexity index is 292. The molecule has 5 nitrogen and oxygen atoms in total. The van der Waals surface area contributed by atoms with Crippen LogP contribution in [0.5, 0.6) is 0 Å². The minimum Gasteiger partial charge on any atom is -0.481 e. The number of hydrogen-bond donors (Lipinski definition) is 3. The fraction of sp³-hybridized carbons (Fsp3) is 0.909. The standard InChI is InChI=1S/C11H21O5P/c12-11(13)10(6-7-17(14,15)16)8-9-4-2-1-3-5-9/h9-10H,1-8H2,(H,12,13)(H2,14,15,16). The van der Waals surface area contributed by atoms with Crippen molar-refractivity contribution in [3.05, 3.63) is 0 Å². The zero-order chi connectivity index (χ0) is 12.9. The minimum atomic E-state index is -4.08. The first-order chi connectivity index (χ1) is 7.88. The molecule has 0 aliphatic heterocycles. The Hall–Kier alpha value is -0.380. The molecule has 0 aromatic heterocycles. The van der Waals surface area contributed by atoms with Gasteiger partial charge in [-0.2, -0.15) is 0 Å². The fourth-order valence-corrected chi connectivity index (χ4v) is 3.14. The summed E-state index contributed by atoms with van der Waals surface area (Å²) in [6.45, 7) is 0. The monoisotopic (exact) mass is 264 g/mol. The molecule has 100 valence electrons. The highest BCUT2D eigenvalue weighted by Crippen LogP contribution is 2.38. The molecule has 6 heteroatoms. The highest BCUT2D eigenvalue weighted by Gasteiger charge is 2.26. The molecule has 0 spiro atoms. The number of hydrogen-bond acceptors (Lipinski definition) is 2. The molecule has 1 aliphatic rings. The molecule has 3 N–H and O–H groups in total. The summed E-state index contributed by atoms with van der Waals surface area (Å²) in [6.07, 6.45) is 5.95. The Balaban J connectivity index is 2.42. The molecule has 1 rings (SSSR count). The topological polar surface area (TPSA) is 94.8 Å². The summed E-state index contributed by atoms with van der Waals surface area (Å²) in [5.74, 6) is -1.11. The van der Waals surface area contributed by atoms with Gasteiger partial charge in [0.25, 0.3) is 0 Å². The Morgan fingerprint density at radius 2 is 1.82 bits per heavy atom. The van der Waals surface area contributed by atoms with E-state index in [1.165, 1.54) is 6.42 Å². The molecule has 1 saturated carbocycles. The van der Waals surface area contributed by atoms with Gasteiger partial charge >= 0.3 is 13.6 Å². The van der Waals surface area contributed by atoms with Crippen molar-refractivity contribution >= 4 is 13.6 Å². The van der Waals surface area contributed by atoms with E-state index < -0.39 is 19.5 Å². The van der Waals surface area contributed by atoms with Crippen LogP contribution in [0.2, 0.25) is 0 Å². The number of carboxylic acids is 1. The fourth-order valence-electron chi connectivity index (χ4n) is 2.49. The van der Waals surface area contributed by atoms with Crippen molar-refractivity contribution in [1.82, 2.24) is 0 Å². The average Bonchev–Trinajstić information content (AvgIpc) is 2.24. The van der Waals surface area contributed by atoms with Gasteiger partial charge in [0.1, 0.15) is 0 Å². The van der Waals surface area contributed by atoms with E-state index in [4.69, 9.17) is 14.9 Å². The molecular weight excluding hydrogens is 243 g/mol. The van der Waals surface area contributed by atoms with E-state index >= 15 is 0 Å². The molecule has 1 aliphatic carbocycles. The van der Waals surface area contributed by atoms with Gasteiger partial charge in [-0.25, -0.2) is 0 Å². The zero-order valence-electron chi connectivity index (χ0n) is 9.92. The molecule has 0 amide bonds. The van der Waals surface area contributed by atoms with Gasteiger partial charge in [0.05, 0.1) is 12.1 Å². The van der Waals surface area contributed by atoms with Crippen LogP contribution in [0.15, 0.2) is 0 Å². The molecule has 0 aromatic rings. The minimum absolute atomic E-state index is 0.0795. The maximum atomic E-state index is 11.0. The Morgan fingerprint density at radius 1 is 1.24 bits per heavy atom. The normalized spacial score (nSPS) is 20.1. The number of carboxylic acid groups (broad SMARTS) is 1. The van der Waals surface area contributed by atoms with Crippen molar-refractivity contribution in [2.24, 2.45) is 11.8 Å². The lowest BCUT2D eigenvalue weighted by atomic mass is 9.82. The second-order valence-corrected chi connectivity index (χ2v) is 6.73. The highest BCUT2D eigenvalue weighted by molar-refractivity contribution is 7.51. The third-order valence-electron chi connectivity index (χ3n) is 3.46. The lowest BCUT2D eigenvalue weighted by Crippen LogP contribution is -2.20. The number of carbonyl (C=O) groups is 1. The lowest BCUT2D eigenvalue weighted by Gasteiger charge is -2.24. The second-order valence-electron chi connectivity index (χ2n) is 4.95. The average molecular weight is 264 g/mol. The van der Waals surface area contributed by atoms with Crippen LogP contribution in [0, 0.1) is 11.8 Å². The summed E-state index contributed by atoms with van der Waals surface area (Å²) in [7, 11) is -4.08. The molecule has 0 saturated heterocycles. The quantitative estimate of drug-likeness (QED) is 0.639. The Labute approximate surface area is 101 Å². The molecule has 1 unspecified atom stereocenters. The maximum Gasteiger partial charge on any atom is 0.325 e. The van der Waals surface area contributed by atoms with Crippen molar-refractivity contribution in [1.29, 1.82) is 0 Å². The maximum absolute atomic E-state index is 11.0. The van der Waals surface area contributed by atoms with Crippen molar-refractivity contribution in [3.63, 3.8) is 0 Å². The van der Waals surface area contributed by atoms with Crippen LogP contribution < -0.4 is 0 Å². The van der Waals surface area contributed by atoms with Crippen molar-refractivity contribution in [2.45, 2.75) is 44.9 Å². The van der Waals surface area contributed by atoms with Gasteiger partial charge in [0.15, 0.2) is 0 Å². The molecule has 0 aromatic carbocycles. The van der Waals surface area contributed by atoms with Crippen molar-refractivity contribution in [3.8, 4) is 0 Å². The lowest BCUT2D eigenvalue weighted by molar-refractivity contribution is -0.142. The first-order valence-electron chi connectivity index (χ1n) is 6.16. The summed E-state index contributed by atoms with van der Waals surface area (Å²) in [5, 5.41) is 9.05. The van der Waals surface area contributed by atoms with E-state index in [0.29, 0.717) is 12.3 Å². The van der Waals surface area contributed by atoms with Crippen LogP contribution in [-0.2, 0) is 9.36 Å². The van der Waals surface area contributed by atoms with Crippen molar-refractivity contribution < 1.29 is 24.3 Å². The van der Waals surface area contributed by atoms with E-state index in [9.17, 15) is 9.36 Å². The Morgan fingerprint density at radius 3 is 2.29 bits per heavy atom. The third kappa shape index (κ3) is 6.20. The zero-order valence-corrected chi connectivity index (χ0v) is 10.8. The highest BCUT2D eigenvalue weighted by atomic mass is 31.2. The van der Waals surface area contributed by atoms with Gasteiger partial charge in [0.2, 0.25) is 0 Å². The van der Waals surface area contributed by atoms with E-state index in [1.54, 1.807) is 0 Å². The van der Waals surface area contributed by atoms with Gasteiger partial charge < -0.3 is 14.9 Å². The predicted molar refractivity (Wildman–Crippen MR) is 63.8 cm³/mol. The van der Waals surface area contributed by atoms with Gasteiger partial charge in [0, 0.05) is 0 Å².